The summed E-state index contributed by atoms with van der Waals surface area (Å²) < 4.78 is 5.82. The van der Waals surface area contributed by atoms with Crippen LogP contribution in [0.5, 0.6) is 0 Å². The lowest BCUT2D eigenvalue weighted by Crippen LogP contribution is -2.57. The lowest BCUT2D eigenvalue weighted by Gasteiger charge is -2.27. The highest BCUT2D eigenvalue weighted by molar-refractivity contribution is 6.00. The van der Waals surface area contributed by atoms with Crippen LogP contribution in [-0.4, -0.2) is 137 Å². The quantitative estimate of drug-likeness (QED) is 0.0384. The Morgan fingerprint density at radius 3 is 2.00 bits per heavy atom. The van der Waals surface area contributed by atoms with Crippen molar-refractivity contribution in [3.8, 4) is 0 Å². The van der Waals surface area contributed by atoms with E-state index >= 15 is 0 Å². The van der Waals surface area contributed by atoms with E-state index < -0.39 is 120 Å². The summed E-state index contributed by atoms with van der Waals surface area (Å²) in [4.78, 5) is 126. The van der Waals surface area contributed by atoms with E-state index in [0.29, 0.717) is 17.6 Å². The Bertz CT molecular complexity index is 2370. The predicted octanol–water partition coefficient (Wildman–Crippen LogP) is 0.569. The van der Waals surface area contributed by atoms with Crippen molar-refractivity contribution in [3.63, 3.8) is 0 Å². The summed E-state index contributed by atoms with van der Waals surface area (Å²) in [5.41, 5.74) is 12.8. The first kappa shape index (κ1) is 59.4. The molecule has 9 atom stereocenters. The maximum absolute atomic E-state index is 14.5. The van der Waals surface area contributed by atoms with Gasteiger partial charge >= 0.3 is 11.9 Å². The second-order valence-corrected chi connectivity index (χ2v) is 17.9. The highest BCUT2D eigenvalue weighted by Crippen LogP contribution is 2.19. The molecule has 0 aromatic heterocycles. The average molecular weight is 1020 g/mol. The van der Waals surface area contributed by atoms with Crippen LogP contribution in [0.2, 0.25) is 0 Å². The molecule has 1 saturated heterocycles. The number of nitrogens with two attached hydrogens (primary N) is 2. The van der Waals surface area contributed by atoms with Crippen molar-refractivity contribution in [2.75, 3.05) is 20.7 Å². The van der Waals surface area contributed by atoms with Crippen LogP contribution in [0.25, 0.3) is 0 Å². The summed E-state index contributed by atoms with van der Waals surface area (Å²) in [6, 6.07) is 9.41. The van der Waals surface area contributed by atoms with Crippen LogP contribution in [0.3, 0.4) is 0 Å². The summed E-state index contributed by atoms with van der Waals surface area (Å²) >= 11 is 0. The van der Waals surface area contributed by atoms with E-state index in [1.807, 2.05) is 50.3 Å². The number of guanidine groups is 1. The number of hydrogen-bond acceptors (Lipinski definition) is 11. The third-order valence-corrected chi connectivity index (χ3v) is 12.1. The standard InChI is InChI=1S/C51H70N10O12/c1-29(25-30(2)41(73-7)27-35-17-12-9-13-18-35)20-21-36-31(3)44(64)59-38(49(69)70)22-23-43(63)61(6)33(5)46(66)55-32(4)45(65)58-37(19-14-24-54-51(52)53)47(67)60-40(50(71)72)28-42(62)56-39(48(68)57-36)26-34-15-10-8-11-16-34/h8-13,15-18,20-21,25,30-32,36-41H,5,14,19,22-24,26-28H2,1-4,6-7H3,(H,55,66)(H,56,62)(H,57,68)(H,58,65)(H,59,64)(H,60,67)(H,69,70)(H,71,72)(H4,52,53,54)/b21-20+,29-25+/t30-,31-,32+,36-,37-,38+,39-,40+,41-/m0/s1. The third-order valence-electron chi connectivity index (χ3n) is 12.1. The third kappa shape index (κ3) is 20.0. The van der Waals surface area contributed by atoms with E-state index in [1.165, 1.54) is 20.9 Å². The van der Waals surface area contributed by atoms with E-state index in [1.54, 1.807) is 49.6 Å². The highest BCUT2D eigenvalue weighted by Gasteiger charge is 2.34. The van der Waals surface area contributed by atoms with Crippen LogP contribution in [0, 0.1) is 11.8 Å². The molecule has 7 amide bonds. The molecular formula is C51H70N10O12. The lowest BCUT2D eigenvalue weighted by molar-refractivity contribution is -0.144. The average Bonchev–Trinajstić information content (AvgIpc) is 3.35. The van der Waals surface area contributed by atoms with Gasteiger partial charge in [-0.15, -0.1) is 0 Å². The van der Waals surface area contributed by atoms with Crippen molar-refractivity contribution >= 4 is 59.2 Å². The largest absolute Gasteiger partial charge is 0.480 e. The van der Waals surface area contributed by atoms with Gasteiger partial charge in [-0.05, 0) is 50.7 Å². The minimum absolute atomic E-state index is 0.0104. The van der Waals surface area contributed by atoms with Gasteiger partial charge in [-0.25, -0.2) is 9.59 Å². The number of carbonyl (C=O) groups excluding carboxylic acids is 7. The molecule has 1 aliphatic rings. The molecule has 396 valence electrons. The number of nitrogens with one attached hydrogen (secondary N) is 6. The van der Waals surface area contributed by atoms with E-state index in [0.717, 1.165) is 10.5 Å². The number of carbonyl (C=O) groups is 9. The molecule has 73 heavy (non-hydrogen) atoms. The molecule has 3 rings (SSSR count). The van der Waals surface area contributed by atoms with Gasteiger partial charge in [-0.2, -0.15) is 0 Å². The monoisotopic (exact) mass is 1010 g/mol. The topological polar surface area (TPSA) is 343 Å². The van der Waals surface area contributed by atoms with Gasteiger partial charge in [0, 0.05) is 39.5 Å². The molecule has 0 radical (unpaired) electrons. The Hall–Kier alpha value is -7.88. The SMILES string of the molecule is C=C1C(=O)N[C@H](C)C(=O)N[C@@H](CCCN=C(N)N)C(=O)N[C@@H](C(=O)O)CC(=O)N[C@@H](Cc2ccccc2)C(=O)N[C@@H](/C=C/C(C)=C/[C@H](C)[C@H](Cc2ccccc2)OC)[C@H](C)C(=O)N[C@@H](C(=O)O)CCC(=O)N1C. The Morgan fingerprint density at radius 2 is 1.41 bits per heavy atom. The number of likely N-dealkylation sites (N-methyl/N-ethyl adjacent to an activating group) is 1. The Kier molecular flexibility index (Phi) is 24.0. The number of amides is 7. The van der Waals surface area contributed by atoms with Gasteiger partial charge in [0.2, 0.25) is 35.4 Å². The van der Waals surface area contributed by atoms with Crippen molar-refractivity contribution in [2.24, 2.45) is 28.3 Å². The minimum Gasteiger partial charge on any atom is -0.480 e. The smallest absolute Gasteiger partial charge is 0.326 e. The molecule has 1 fully saturated rings. The van der Waals surface area contributed by atoms with Crippen molar-refractivity contribution in [3.05, 3.63) is 108 Å². The number of ether oxygens (including phenoxy) is 1. The number of rotatable bonds is 15. The number of nitrogens with zero attached hydrogens (tertiary/aromatic N) is 2. The Labute approximate surface area is 424 Å². The molecule has 0 spiro atoms. The van der Waals surface area contributed by atoms with Crippen LogP contribution < -0.4 is 43.4 Å². The number of hydrogen-bond donors (Lipinski definition) is 10. The molecular weight excluding hydrogens is 945 g/mol. The number of methoxy groups -OCH3 is 1. The van der Waals surface area contributed by atoms with Crippen LogP contribution >= 0.6 is 0 Å². The zero-order valence-corrected chi connectivity index (χ0v) is 42.1. The maximum Gasteiger partial charge on any atom is 0.326 e. The fourth-order valence-electron chi connectivity index (χ4n) is 7.61. The van der Waals surface area contributed by atoms with Gasteiger partial charge in [0.05, 0.1) is 24.5 Å². The Balaban J connectivity index is 2.11. The minimum atomic E-state index is -1.89. The Morgan fingerprint density at radius 1 is 0.822 bits per heavy atom. The van der Waals surface area contributed by atoms with Gasteiger partial charge in [0.15, 0.2) is 5.96 Å². The first-order valence-corrected chi connectivity index (χ1v) is 23.8. The van der Waals surface area contributed by atoms with Crippen molar-refractivity contribution < 1.29 is 58.1 Å². The molecule has 0 unspecified atom stereocenters. The van der Waals surface area contributed by atoms with E-state index in [4.69, 9.17) is 16.2 Å². The van der Waals surface area contributed by atoms with Crippen LogP contribution in [0.4, 0.5) is 0 Å². The molecule has 2 aromatic rings. The zero-order chi connectivity index (χ0) is 54.4. The van der Waals surface area contributed by atoms with Crippen molar-refractivity contribution in [1.29, 1.82) is 0 Å². The van der Waals surface area contributed by atoms with E-state index in [9.17, 15) is 53.4 Å². The fraction of sp³-hybridized carbons (Fsp3) is 0.451. The van der Waals surface area contributed by atoms with Crippen molar-refractivity contribution in [1.82, 2.24) is 36.8 Å². The molecule has 0 aliphatic carbocycles. The molecule has 0 bridgehead atoms. The highest BCUT2D eigenvalue weighted by atomic mass is 16.5. The molecule has 0 saturated carbocycles. The number of aliphatic imine (C=N–C) groups is 1. The number of benzene rings is 2. The van der Waals surface area contributed by atoms with Gasteiger partial charge < -0.3 is 63.2 Å². The maximum atomic E-state index is 14.5. The van der Waals surface area contributed by atoms with Crippen LogP contribution in [0.15, 0.2) is 102 Å². The van der Waals surface area contributed by atoms with Crippen molar-refractivity contribution in [2.45, 2.75) is 115 Å². The van der Waals surface area contributed by atoms with Gasteiger partial charge in [-0.3, -0.25) is 38.6 Å². The molecule has 1 heterocycles. The number of allylic oxidation sites excluding steroid dienone is 2. The summed E-state index contributed by atoms with van der Waals surface area (Å²) in [6.45, 7) is 10.1. The van der Waals surface area contributed by atoms with E-state index in [2.05, 4.69) is 43.5 Å². The zero-order valence-electron chi connectivity index (χ0n) is 42.1. The molecule has 1 aliphatic heterocycles. The van der Waals surface area contributed by atoms with E-state index in [-0.39, 0.29) is 43.8 Å². The second kappa shape index (κ2) is 29.5. The lowest BCUT2D eigenvalue weighted by atomic mass is 9.94. The number of carboxylic acids is 2. The molecule has 12 N–H and O–H groups in total. The van der Waals surface area contributed by atoms with Gasteiger partial charge in [0.1, 0.15) is 35.9 Å². The number of carboxylic acid groups (broad SMARTS) is 2. The summed E-state index contributed by atoms with van der Waals surface area (Å²) in [7, 11) is 2.82. The molecule has 2 aromatic carbocycles. The second-order valence-electron chi connectivity index (χ2n) is 17.9. The molecule has 22 nitrogen and oxygen atoms in total. The number of aliphatic carboxylic acids is 2. The summed E-state index contributed by atoms with van der Waals surface area (Å²) in [5.74, 6) is -11.0. The van der Waals surface area contributed by atoms with Crippen LogP contribution in [-0.2, 0) is 60.7 Å². The predicted molar refractivity (Wildman–Crippen MR) is 271 cm³/mol. The van der Waals surface area contributed by atoms with Crippen LogP contribution in [0.1, 0.15) is 70.9 Å². The fourth-order valence-corrected chi connectivity index (χ4v) is 7.61. The van der Waals surface area contributed by atoms with Gasteiger partial charge in [0.25, 0.3) is 5.91 Å². The van der Waals surface area contributed by atoms with Gasteiger partial charge in [-0.1, -0.05) is 105 Å². The molecule has 22 heteroatoms. The first-order valence-electron chi connectivity index (χ1n) is 23.8. The summed E-state index contributed by atoms with van der Waals surface area (Å²) in [6.07, 6.45) is 3.60. The summed E-state index contributed by atoms with van der Waals surface area (Å²) in [5, 5.41) is 35.4. The first-order chi connectivity index (χ1) is 34.5. The normalized spacial score (nSPS) is 23.8.